The number of nitrogens with zero attached hydrogens (tertiary/aromatic N) is 2. The van der Waals surface area contributed by atoms with Crippen LogP contribution in [0.1, 0.15) is 43.5 Å². The molecule has 3 aromatic rings. The van der Waals surface area contributed by atoms with E-state index in [1.54, 1.807) is 57.2 Å². The Morgan fingerprint density at radius 1 is 0.980 bits per heavy atom. The zero-order valence-corrected chi connectivity index (χ0v) is 30.9. The molecule has 1 heterocycles. The van der Waals surface area contributed by atoms with Crippen molar-refractivity contribution in [2.24, 2.45) is 4.99 Å². The number of esters is 1. The summed E-state index contributed by atoms with van der Waals surface area (Å²) in [4.78, 5) is 58.5. The minimum atomic E-state index is -0.777. The number of benzene rings is 3. The third-order valence-corrected chi connectivity index (χ3v) is 8.85. The smallest absolute Gasteiger partial charge is 0.344 e. The van der Waals surface area contributed by atoms with Gasteiger partial charge in [-0.15, -0.1) is 0 Å². The van der Waals surface area contributed by atoms with Crippen LogP contribution in [0.4, 0.5) is 0 Å². The molecule has 3 aromatic carbocycles. The van der Waals surface area contributed by atoms with E-state index in [0.717, 1.165) is 22.9 Å². The number of rotatable bonds is 15. The molecule has 0 aliphatic carbocycles. The number of ether oxygens (including phenoxy) is 3. The molecule has 0 unspecified atom stereocenters. The Hall–Kier alpha value is -5.20. The Morgan fingerprint density at radius 3 is 2.22 bits per heavy atom. The van der Waals surface area contributed by atoms with Crippen LogP contribution in [0.25, 0.3) is 6.08 Å². The summed E-state index contributed by atoms with van der Waals surface area (Å²) < 4.78 is 16.8. The standard InChI is InChI=1S/C39H38BrN3O7S/c1-5-9-20-29(6-2)43-38(47)30(21-28-22-32(48-7-3)33(23-31(28)40)50-24-35(45)49-8-4)37(46)42-39(43)51-25-34(44)41-36(26-16-12-10-13-17-26)27-18-14-11-15-19-27/h5-6,9-23,36H,1,7-8,24-25H2,2-4H3,(H,41,44)/b20-9-,29-6+,30-21+. The summed E-state index contributed by atoms with van der Waals surface area (Å²) >= 11 is 4.46. The van der Waals surface area contributed by atoms with Gasteiger partial charge in [0.15, 0.2) is 23.3 Å². The molecule has 0 saturated heterocycles. The van der Waals surface area contributed by atoms with Gasteiger partial charge in [-0.1, -0.05) is 113 Å². The van der Waals surface area contributed by atoms with Crippen LogP contribution in [0.15, 0.2) is 124 Å². The van der Waals surface area contributed by atoms with Crippen molar-refractivity contribution in [1.29, 1.82) is 0 Å². The topological polar surface area (TPSA) is 124 Å². The molecule has 0 aromatic heterocycles. The van der Waals surface area contributed by atoms with Gasteiger partial charge in [-0.25, -0.2) is 4.79 Å². The highest BCUT2D eigenvalue weighted by Crippen LogP contribution is 2.36. The van der Waals surface area contributed by atoms with Crippen LogP contribution in [0.5, 0.6) is 11.5 Å². The van der Waals surface area contributed by atoms with E-state index in [2.05, 4.69) is 32.8 Å². The van der Waals surface area contributed by atoms with Gasteiger partial charge in [-0.05, 0) is 61.7 Å². The van der Waals surface area contributed by atoms with Crippen molar-refractivity contribution >= 4 is 62.6 Å². The highest BCUT2D eigenvalue weighted by Gasteiger charge is 2.35. The molecule has 3 amide bonds. The van der Waals surface area contributed by atoms with Crippen LogP contribution in [0.3, 0.4) is 0 Å². The number of amides is 3. The molecule has 0 fully saturated rings. The van der Waals surface area contributed by atoms with E-state index in [-0.39, 0.29) is 48.0 Å². The molecule has 0 radical (unpaired) electrons. The predicted molar refractivity (Wildman–Crippen MR) is 203 cm³/mol. The second-order valence-corrected chi connectivity index (χ2v) is 12.5. The van der Waals surface area contributed by atoms with Gasteiger partial charge in [0.25, 0.3) is 11.8 Å². The average molecular weight is 773 g/mol. The fourth-order valence-electron chi connectivity index (χ4n) is 4.93. The largest absolute Gasteiger partial charge is 0.490 e. The zero-order valence-electron chi connectivity index (χ0n) is 28.5. The molecule has 0 atom stereocenters. The molecular weight excluding hydrogens is 734 g/mol. The van der Waals surface area contributed by atoms with Gasteiger partial charge in [0.05, 0.1) is 25.0 Å². The molecule has 4 rings (SSSR count). The van der Waals surface area contributed by atoms with E-state index in [1.165, 1.54) is 11.0 Å². The minimum absolute atomic E-state index is 0.0480. The quantitative estimate of drug-likeness (QED) is 0.0746. The second kappa shape index (κ2) is 19.3. The zero-order chi connectivity index (χ0) is 36.8. The Balaban J connectivity index is 1.64. The number of carbonyl (C=O) groups is 4. The lowest BCUT2D eigenvalue weighted by atomic mass is 9.99. The number of amidine groups is 1. The second-order valence-electron chi connectivity index (χ2n) is 10.7. The highest BCUT2D eigenvalue weighted by molar-refractivity contribution is 9.10. The lowest BCUT2D eigenvalue weighted by Crippen LogP contribution is -2.42. The normalized spacial score (nSPS) is 14.1. The molecule has 1 aliphatic rings. The molecule has 1 aliphatic heterocycles. The summed E-state index contributed by atoms with van der Waals surface area (Å²) in [6.07, 6.45) is 7.98. The van der Waals surface area contributed by atoms with Crippen molar-refractivity contribution in [3.8, 4) is 11.5 Å². The van der Waals surface area contributed by atoms with Gasteiger partial charge in [0, 0.05) is 10.2 Å². The van der Waals surface area contributed by atoms with Crippen molar-refractivity contribution in [3.63, 3.8) is 0 Å². The molecule has 51 heavy (non-hydrogen) atoms. The lowest BCUT2D eigenvalue weighted by molar-refractivity contribution is -0.145. The van der Waals surface area contributed by atoms with Gasteiger partial charge in [0.1, 0.15) is 5.57 Å². The van der Waals surface area contributed by atoms with Gasteiger partial charge in [-0.2, -0.15) is 4.99 Å². The summed E-state index contributed by atoms with van der Waals surface area (Å²) in [5.74, 6) is -1.83. The van der Waals surface area contributed by atoms with Crippen LogP contribution in [0, 0.1) is 0 Å². The summed E-state index contributed by atoms with van der Waals surface area (Å²) in [5.41, 5.74) is 2.45. The van der Waals surface area contributed by atoms with E-state index in [4.69, 9.17) is 14.2 Å². The first kappa shape index (κ1) is 38.6. The van der Waals surface area contributed by atoms with Gasteiger partial charge in [-0.3, -0.25) is 19.3 Å². The molecule has 0 saturated carbocycles. The molecule has 0 spiro atoms. The van der Waals surface area contributed by atoms with Crippen molar-refractivity contribution in [2.45, 2.75) is 26.8 Å². The summed E-state index contributed by atoms with van der Waals surface area (Å²) in [5, 5.41) is 3.13. The fraction of sp³-hybridized carbons (Fsp3) is 0.205. The van der Waals surface area contributed by atoms with Crippen LogP contribution >= 0.6 is 27.7 Å². The van der Waals surface area contributed by atoms with Gasteiger partial charge in [0.2, 0.25) is 5.91 Å². The monoisotopic (exact) mass is 771 g/mol. The third kappa shape index (κ3) is 10.4. The number of hydrogen-bond donors (Lipinski definition) is 1. The van der Waals surface area contributed by atoms with Crippen molar-refractivity contribution in [3.05, 3.63) is 136 Å². The van der Waals surface area contributed by atoms with E-state index in [0.29, 0.717) is 21.5 Å². The van der Waals surface area contributed by atoms with Crippen molar-refractivity contribution in [1.82, 2.24) is 10.2 Å². The maximum atomic E-state index is 14.2. The SMILES string of the molecule is C=C/C=C\C(=C/C)N1C(=O)/C(=C/c2cc(OCC)c(OCC(=O)OCC)cc2Br)C(=O)N=C1SCC(=O)NC(c1ccccc1)c1ccccc1. The molecule has 12 heteroatoms. The van der Waals surface area contributed by atoms with Gasteiger partial charge < -0.3 is 19.5 Å². The Bertz CT molecular complexity index is 1830. The first-order chi connectivity index (χ1) is 24.7. The maximum absolute atomic E-state index is 14.2. The number of allylic oxidation sites excluding steroid dienone is 4. The highest BCUT2D eigenvalue weighted by atomic mass is 79.9. The average Bonchev–Trinajstić information content (AvgIpc) is 3.13. The molecular formula is C39H38BrN3O7S. The summed E-state index contributed by atoms with van der Waals surface area (Å²) in [7, 11) is 0. The predicted octanol–water partition coefficient (Wildman–Crippen LogP) is 7.18. The van der Waals surface area contributed by atoms with Crippen LogP contribution in [0.2, 0.25) is 0 Å². The first-order valence-electron chi connectivity index (χ1n) is 16.1. The lowest BCUT2D eigenvalue weighted by Gasteiger charge is -2.28. The molecule has 0 bridgehead atoms. The van der Waals surface area contributed by atoms with E-state index < -0.39 is 23.8 Å². The van der Waals surface area contributed by atoms with Crippen LogP contribution in [-0.4, -0.2) is 59.3 Å². The summed E-state index contributed by atoms with van der Waals surface area (Å²) in [6, 6.07) is 21.9. The van der Waals surface area contributed by atoms with E-state index >= 15 is 0 Å². The summed E-state index contributed by atoms with van der Waals surface area (Å²) in [6.45, 7) is 9.12. The number of thioether (sulfide) groups is 1. The van der Waals surface area contributed by atoms with Crippen molar-refractivity contribution < 1.29 is 33.4 Å². The van der Waals surface area contributed by atoms with Crippen LogP contribution in [-0.2, 0) is 23.9 Å². The Labute approximate surface area is 310 Å². The van der Waals surface area contributed by atoms with E-state index in [1.807, 2.05) is 60.7 Å². The fourth-order valence-corrected chi connectivity index (χ4v) is 6.18. The number of hydrogen-bond acceptors (Lipinski definition) is 8. The van der Waals surface area contributed by atoms with Crippen molar-refractivity contribution in [2.75, 3.05) is 25.6 Å². The number of halogens is 1. The van der Waals surface area contributed by atoms with E-state index in [9.17, 15) is 19.2 Å². The maximum Gasteiger partial charge on any atom is 0.344 e. The third-order valence-electron chi connectivity index (χ3n) is 7.23. The molecule has 10 nitrogen and oxygen atoms in total. The first-order valence-corrected chi connectivity index (χ1v) is 17.9. The molecule has 264 valence electrons. The number of carbonyl (C=O) groups excluding carboxylic acids is 4. The van der Waals surface area contributed by atoms with Crippen LogP contribution < -0.4 is 14.8 Å². The Morgan fingerprint density at radius 2 is 1.63 bits per heavy atom. The minimum Gasteiger partial charge on any atom is -0.490 e. The Kier molecular flexibility index (Phi) is 14.6. The number of aliphatic imine (C=N–C) groups is 1. The number of nitrogens with one attached hydrogen (secondary N) is 1. The van der Waals surface area contributed by atoms with Gasteiger partial charge >= 0.3 is 5.97 Å². The molecule has 1 N–H and O–H groups in total.